The molecule has 1 heterocycles. The lowest BCUT2D eigenvalue weighted by Crippen LogP contribution is -1.79. The van der Waals surface area contributed by atoms with Crippen LogP contribution in [0.4, 0.5) is 0 Å². The molecule has 0 bridgehead atoms. The van der Waals surface area contributed by atoms with E-state index < -0.39 is 5.24 Å². The van der Waals surface area contributed by atoms with Gasteiger partial charge in [0.05, 0.1) is 0 Å². The van der Waals surface area contributed by atoms with Gasteiger partial charge < -0.3 is 0 Å². The summed E-state index contributed by atoms with van der Waals surface area (Å²) < 4.78 is 0. The molecule has 0 aromatic carbocycles. The van der Waals surface area contributed by atoms with E-state index in [-0.39, 0.29) is 0 Å². The van der Waals surface area contributed by atoms with E-state index in [1.54, 1.807) is 12.4 Å². The third-order valence-electron chi connectivity index (χ3n) is 1.56. The number of hydrogen-bond acceptors (Lipinski definition) is 2. The van der Waals surface area contributed by atoms with E-state index in [1.165, 1.54) is 6.08 Å². The van der Waals surface area contributed by atoms with Crippen molar-refractivity contribution in [3.05, 3.63) is 47.8 Å². The molecule has 1 rings (SSSR count). The van der Waals surface area contributed by atoms with Crippen molar-refractivity contribution >= 4 is 22.9 Å². The summed E-state index contributed by atoms with van der Waals surface area (Å²) in [6.07, 6.45) is 8.51. The molecule has 0 amide bonds. The highest BCUT2D eigenvalue weighted by atomic mass is 35.5. The molecule has 0 spiro atoms. The predicted octanol–water partition coefficient (Wildman–Crippen LogP) is 2.81. The third-order valence-corrected chi connectivity index (χ3v) is 1.67. The number of hydrogen-bond donors (Lipinski definition) is 0. The lowest BCUT2D eigenvalue weighted by Gasteiger charge is -1.91. The minimum Gasteiger partial charge on any atom is -0.276 e. The minimum absolute atomic E-state index is 0.460. The molecule has 1 aromatic rings. The first-order chi connectivity index (χ1) is 6.68. The molecular weight excluding hydrogens is 198 g/mol. The van der Waals surface area contributed by atoms with E-state index in [1.807, 2.05) is 31.2 Å². The van der Waals surface area contributed by atoms with Gasteiger partial charge in [0.25, 0.3) is 0 Å². The molecule has 0 aliphatic rings. The van der Waals surface area contributed by atoms with E-state index in [4.69, 9.17) is 11.6 Å². The van der Waals surface area contributed by atoms with Crippen molar-refractivity contribution in [1.29, 1.82) is 0 Å². The lowest BCUT2D eigenvalue weighted by atomic mass is 10.2. The molecule has 0 fully saturated rings. The van der Waals surface area contributed by atoms with Crippen molar-refractivity contribution in [3.8, 4) is 0 Å². The second-order valence-electron chi connectivity index (χ2n) is 2.81. The van der Waals surface area contributed by atoms with Gasteiger partial charge in [0, 0.05) is 18.5 Å². The molecule has 0 aliphatic carbocycles. The fourth-order valence-electron chi connectivity index (χ4n) is 0.929. The summed E-state index contributed by atoms with van der Waals surface area (Å²) in [5.41, 5.74) is 1.80. The van der Waals surface area contributed by atoms with Crippen LogP contribution in [0.3, 0.4) is 0 Å². The molecule has 0 atom stereocenters. The highest BCUT2D eigenvalue weighted by Gasteiger charge is 1.89. The van der Waals surface area contributed by atoms with Crippen LogP contribution < -0.4 is 0 Å². The highest BCUT2D eigenvalue weighted by molar-refractivity contribution is 6.66. The molecule has 0 N–H and O–H groups in total. The number of carbonyl (C=O) groups excluding carboxylic acids is 1. The van der Waals surface area contributed by atoms with Gasteiger partial charge >= 0.3 is 0 Å². The number of nitrogens with zero attached hydrogens (tertiary/aromatic N) is 1. The molecule has 0 unspecified atom stereocenters. The Balaban J connectivity index is 2.70. The van der Waals surface area contributed by atoms with Gasteiger partial charge in [-0.05, 0) is 35.7 Å². The Hall–Kier alpha value is -1.41. The minimum atomic E-state index is -0.460. The van der Waals surface area contributed by atoms with Crippen molar-refractivity contribution < 1.29 is 4.79 Å². The largest absolute Gasteiger partial charge is 0.276 e. The maximum absolute atomic E-state index is 10.5. The molecule has 0 radical (unpaired) electrons. The van der Waals surface area contributed by atoms with E-state index >= 15 is 0 Å². The maximum atomic E-state index is 10.5. The van der Waals surface area contributed by atoms with Crippen LogP contribution in [0.25, 0.3) is 6.08 Å². The quantitative estimate of drug-likeness (QED) is 0.434. The lowest BCUT2D eigenvalue weighted by molar-refractivity contribution is -0.107. The van der Waals surface area contributed by atoms with Gasteiger partial charge in [-0.15, -0.1) is 0 Å². The fraction of sp³-hybridized carbons (Fsp3) is 0.0909. The van der Waals surface area contributed by atoms with Crippen molar-refractivity contribution in [2.75, 3.05) is 0 Å². The van der Waals surface area contributed by atoms with Crippen molar-refractivity contribution in [1.82, 2.24) is 4.98 Å². The smallest absolute Gasteiger partial charge is 0.245 e. The maximum Gasteiger partial charge on any atom is 0.245 e. The van der Waals surface area contributed by atoms with Gasteiger partial charge in [-0.1, -0.05) is 18.2 Å². The van der Waals surface area contributed by atoms with Crippen LogP contribution in [-0.2, 0) is 4.79 Å². The van der Waals surface area contributed by atoms with Crippen LogP contribution in [0.2, 0.25) is 0 Å². The van der Waals surface area contributed by atoms with Crippen LogP contribution in [0.15, 0.2) is 42.3 Å². The number of aromatic nitrogens is 1. The zero-order chi connectivity index (χ0) is 10.4. The number of halogens is 1. The zero-order valence-corrected chi connectivity index (χ0v) is 8.53. The second-order valence-corrected chi connectivity index (χ2v) is 3.18. The van der Waals surface area contributed by atoms with Crippen LogP contribution in [0, 0.1) is 0 Å². The molecule has 0 saturated carbocycles. The van der Waals surface area contributed by atoms with Crippen LogP contribution >= 0.6 is 11.6 Å². The highest BCUT2D eigenvalue weighted by Crippen LogP contribution is 2.03. The molecule has 2 nitrogen and oxygen atoms in total. The van der Waals surface area contributed by atoms with Gasteiger partial charge in [0.2, 0.25) is 5.24 Å². The van der Waals surface area contributed by atoms with Crippen molar-refractivity contribution in [2.45, 2.75) is 6.92 Å². The Morgan fingerprint density at radius 3 is 2.93 bits per heavy atom. The SMILES string of the molecule is CC(/C=C/c1cccnc1)=C\C(=O)Cl. The summed E-state index contributed by atoms with van der Waals surface area (Å²) in [5, 5.41) is -0.460. The number of allylic oxidation sites excluding steroid dienone is 3. The summed E-state index contributed by atoms with van der Waals surface area (Å²) >= 11 is 5.19. The van der Waals surface area contributed by atoms with E-state index in [0.29, 0.717) is 0 Å². The monoisotopic (exact) mass is 207 g/mol. The normalized spacial score (nSPS) is 12.0. The third kappa shape index (κ3) is 4.01. The standard InChI is InChI=1S/C11H10ClNO/c1-9(7-11(12)14)4-5-10-3-2-6-13-8-10/h2-8H,1H3/b5-4+,9-7+. The number of pyridine rings is 1. The molecule has 3 heteroatoms. The molecule has 1 aromatic heterocycles. The molecule has 72 valence electrons. The molecule has 14 heavy (non-hydrogen) atoms. The van der Waals surface area contributed by atoms with Crippen LogP contribution in [-0.4, -0.2) is 10.2 Å². The Labute approximate surface area is 87.9 Å². The Bertz CT molecular complexity index is 368. The van der Waals surface area contributed by atoms with Crippen molar-refractivity contribution in [2.24, 2.45) is 0 Å². The van der Waals surface area contributed by atoms with Crippen LogP contribution in [0.5, 0.6) is 0 Å². The summed E-state index contributed by atoms with van der Waals surface area (Å²) in [5.74, 6) is 0. The average Bonchev–Trinajstić information content (AvgIpc) is 2.15. The summed E-state index contributed by atoms with van der Waals surface area (Å²) in [6.45, 7) is 1.81. The Morgan fingerprint density at radius 2 is 2.36 bits per heavy atom. The number of carbonyl (C=O) groups is 1. The summed E-state index contributed by atoms with van der Waals surface area (Å²) in [4.78, 5) is 14.5. The van der Waals surface area contributed by atoms with Gasteiger partial charge in [-0.3, -0.25) is 9.78 Å². The Kier molecular flexibility index (Phi) is 4.08. The molecular formula is C11H10ClNO. The average molecular weight is 208 g/mol. The first-order valence-electron chi connectivity index (χ1n) is 4.14. The number of rotatable bonds is 3. The first-order valence-corrected chi connectivity index (χ1v) is 4.52. The fourth-order valence-corrected chi connectivity index (χ4v) is 1.10. The summed E-state index contributed by atoms with van der Waals surface area (Å²) in [6, 6.07) is 3.78. The topological polar surface area (TPSA) is 30.0 Å². The van der Waals surface area contributed by atoms with E-state index in [9.17, 15) is 4.79 Å². The van der Waals surface area contributed by atoms with Crippen LogP contribution in [0.1, 0.15) is 12.5 Å². The van der Waals surface area contributed by atoms with E-state index in [0.717, 1.165) is 11.1 Å². The zero-order valence-electron chi connectivity index (χ0n) is 7.77. The Morgan fingerprint density at radius 1 is 1.57 bits per heavy atom. The van der Waals surface area contributed by atoms with Gasteiger partial charge in [-0.25, -0.2) is 0 Å². The molecule has 0 saturated heterocycles. The van der Waals surface area contributed by atoms with Gasteiger partial charge in [0.1, 0.15) is 0 Å². The summed E-state index contributed by atoms with van der Waals surface area (Å²) in [7, 11) is 0. The predicted molar refractivity (Wildman–Crippen MR) is 57.9 cm³/mol. The van der Waals surface area contributed by atoms with E-state index in [2.05, 4.69) is 4.98 Å². The van der Waals surface area contributed by atoms with Crippen molar-refractivity contribution in [3.63, 3.8) is 0 Å². The van der Waals surface area contributed by atoms with Gasteiger partial charge in [0.15, 0.2) is 0 Å². The van der Waals surface area contributed by atoms with Gasteiger partial charge in [-0.2, -0.15) is 0 Å². The second kappa shape index (κ2) is 5.35. The first kappa shape index (κ1) is 10.7. The molecule has 0 aliphatic heterocycles.